The van der Waals surface area contributed by atoms with Crippen molar-refractivity contribution in [3.05, 3.63) is 29.1 Å². The molecular formula is C13H16N2O2S. The summed E-state index contributed by atoms with van der Waals surface area (Å²) in [6.45, 7) is 1.13. The number of nitrogen functional groups attached to an aromatic ring is 1. The number of methoxy groups -OCH3 is 1. The third-order valence-electron chi connectivity index (χ3n) is 2.73. The van der Waals surface area contributed by atoms with Crippen molar-refractivity contribution in [2.75, 3.05) is 33.0 Å². The molecule has 1 amide bonds. The van der Waals surface area contributed by atoms with Gasteiger partial charge < -0.3 is 15.4 Å². The molecule has 2 aromatic rings. The highest BCUT2D eigenvalue weighted by Crippen LogP contribution is 2.27. The first-order valence-electron chi connectivity index (χ1n) is 5.65. The quantitative estimate of drug-likeness (QED) is 0.861. The highest BCUT2D eigenvalue weighted by molar-refractivity contribution is 7.20. The number of thiophene rings is 1. The average molecular weight is 264 g/mol. The SMILES string of the molecule is COCCN(C)C(=O)c1cc2cc(N)ccc2s1. The van der Waals surface area contributed by atoms with E-state index in [0.29, 0.717) is 18.8 Å². The molecule has 1 aromatic carbocycles. The predicted molar refractivity (Wildman–Crippen MR) is 75.1 cm³/mol. The van der Waals surface area contributed by atoms with Gasteiger partial charge in [0.25, 0.3) is 5.91 Å². The monoisotopic (exact) mass is 264 g/mol. The van der Waals surface area contributed by atoms with Crippen molar-refractivity contribution < 1.29 is 9.53 Å². The largest absolute Gasteiger partial charge is 0.399 e. The van der Waals surface area contributed by atoms with E-state index in [0.717, 1.165) is 15.0 Å². The summed E-state index contributed by atoms with van der Waals surface area (Å²) in [7, 11) is 3.40. The molecule has 2 rings (SSSR count). The number of hydrogen-bond acceptors (Lipinski definition) is 4. The van der Waals surface area contributed by atoms with E-state index >= 15 is 0 Å². The van der Waals surface area contributed by atoms with Crippen LogP contribution < -0.4 is 5.73 Å². The first kappa shape index (κ1) is 12.9. The second-order valence-electron chi connectivity index (χ2n) is 4.13. The molecule has 0 atom stereocenters. The Morgan fingerprint density at radius 1 is 1.44 bits per heavy atom. The number of carbonyl (C=O) groups excluding carboxylic acids is 1. The Hall–Kier alpha value is -1.59. The first-order chi connectivity index (χ1) is 8.61. The van der Waals surface area contributed by atoms with Crippen LogP contribution in [0.3, 0.4) is 0 Å². The number of carbonyl (C=O) groups is 1. The maximum absolute atomic E-state index is 12.2. The van der Waals surface area contributed by atoms with Gasteiger partial charge in [-0.25, -0.2) is 0 Å². The Morgan fingerprint density at radius 3 is 2.94 bits per heavy atom. The van der Waals surface area contributed by atoms with E-state index < -0.39 is 0 Å². The normalized spacial score (nSPS) is 10.8. The van der Waals surface area contributed by atoms with E-state index in [2.05, 4.69) is 0 Å². The Kier molecular flexibility index (Phi) is 3.84. The van der Waals surface area contributed by atoms with E-state index in [1.54, 1.807) is 19.1 Å². The first-order valence-corrected chi connectivity index (χ1v) is 6.47. The molecule has 0 saturated carbocycles. The van der Waals surface area contributed by atoms with E-state index in [1.165, 1.54) is 11.3 Å². The number of rotatable bonds is 4. The predicted octanol–water partition coefficient (Wildman–Crippen LogP) is 2.20. The number of benzene rings is 1. The Bertz CT molecular complexity index is 565. The minimum absolute atomic E-state index is 0.0202. The molecule has 0 fully saturated rings. The summed E-state index contributed by atoms with van der Waals surface area (Å²) in [6.07, 6.45) is 0. The lowest BCUT2D eigenvalue weighted by molar-refractivity contribution is 0.0749. The number of nitrogens with two attached hydrogens (primary N) is 1. The number of hydrogen-bond donors (Lipinski definition) is 1. The summed E-state index contributed by atoms with van der Waals surface area (Å²) in [5.74, 6) is 0.0202. The molecule has 0 spiro atoms. The summed E-state index contributed by atoms with van der Waals surface area (Å²) in [5.41, 5.74) is 6.44. The molecule has 0 bridgehead atoms. The van der Waals surface area contributed by atoms with Crippen molar-refractivity contribution in [3.8, 4) is 0 Å². The second kappa shape index (κ2) is 5.37. The van der Waals surface area contributed by atoms with Crippen LogP contribution in [-0.4, -0.2) is 38.1 Å². The van der Waals surface area contributed by atoms with Gasteiger partial charge in [-0.3, -0.25) is 4.79 Å². The van der Waals surface area contributed by atoms with Crippen LogP contribution in [0.2, 0.25) is 0 Å². The molecule has 96 valence electrons. The minimum Gasteiger partial charge on any atom is -0.399 e. The second-order valence-corrected chi connectivity index (χ2v) is 5.21. The lowest BCUT2D eigenvalue weighted by Gasteiger charge is -2.15. The van der Waals surface area contributed by atoms with Gasteiger partial charge in [0.1, 0.15) is 0 Å². The molecule has 0 radical (unpaired) electrons. The Morgan fingerprint density at radius 2 is 2.22 bits per heavy atom. The fraction of sp³-hybridized carbons (Fsp3) is 0.308. The van der Waals surface area contributed by atoms with Crippen LogP contribution in [0.15, 0.2) is 24.3 Å². The van der Waals surface area contributed by atoms with Crippen LogP contribution >= 0.6 is 11.3 Å². The molecule has 1 heterocycles. The summed E-state index contributed by atoms with van der Waals surface area (Å²) < 4.78 is 6.04. The maximum Gasteiger partial charge on any atom is 0.263 e. The van der Waals surface area contributed by atoms with Crippen LogP contribution in [0.4, 0.5) is 5.69 Å². The topological polar surface area (TPSA) is 55.6 Å². The van der Waals surface area contributed by atoms with E-state index in [1.807, 2.05) is 24.3 Å². The van der Waals surface area contributed by atoms with Gasteiger partial charge in [0.15, 0.2) is 0 Å². The van der Waals surface area contributed by atoms with Crippen LogP contribution in [0.1, 0.15) is 9.67 Å². The smallest absolute Gasteiger partial charge is 0.263 e. The van der Waals surface area contributed by atoms with Gasteiger partial charge in [-0.2, -0.15) is 0 Å². The third-order valence-corrected chi connectivity index (χ3v) is 3.83. The molecule has 5 heteroatoms. The van der Waals surface area contributed by atoms with Crippen molar-refractivity contribution in [1.82, 2.24) is 4.90 Å². The number of nitrogens with zero attached hydrogens (tertiary/aromatic N) is 1. The van der Waals surface area contributed by atoms with Crippen molar-refractivity contribution in [2.45, 2.75) is 0 Å². The highest BCUT2D eigenvalue weighted by atomic mass is 32.1. The minimum atomic E-state index is 0.0202. The summed E-state index contributed by atoms with van der Waals surface area (Å²) >= 11 is 1.49. The van der Waals surface area contributed by atoms with E-state index in [9.17, 15) is 4.79 Å². The van der Waals surface area contributed by atoms with Gasteiger partial charge >= 0.3 is 0 Å². The molecule has 0 unspecified atom stereocenters. The number of fused-ring (bicyclic) bond motifs is 1. The molecule has 18 heavy (non-hydrogen) atoms. The van der Waals surface area contributed by atoms with E-state index in [-0.39, 0.29) is 5.91 Å². The number of ether oxygens (including phenoxy) is 1. The fourth-order valence-corrected chi connectivity index (χ4v) is 2.72. The third kappa shape index (κ3) is 2.63. The van der Waals surface area contributed by atoms with Crippen molar-refractivity contribution in [3.63, 3.8) is 0 Å². The molecule has 0 aliphatic rings. The molecule has 1 aromatic heterocycles. The zero-order valence-electron chi connectivity index (χ0n) is 10.5. The Labute approximate surface area is 110 Å². The van der Waals surface area contributed by atoms with Crippen molar-refractivity contribution >= 4 is 33.0 Å². The van der Waals surface area contributed by atoms with Gasteiger partial charge in [-0.1, -0.05) is 0 Å². The fourth-order valence-electron chi connectivity index (χ4n) is 1.69. The van der Waals surface area contributed by atoms with Crippen molar-refractivity contribution in [1.29, 1.82) is 0 Å². The number of anilines is 1. The summed E-state index contributed by atoms with van der Waals surface area (Å²) in [4.78, 5) is 14.5. The molecule has 4 nitrogen and oxygen atoms in total. The van der Waals surface area contributed by atoms with Crippen molar-refractivity contribution in [2.24, 2.45) is 0 Å². The lowest BCUT2D eigenvalue weighted by atomic mass is 10.2. The zero-order valence-corrected chi connectivity index (χ0v) is 11.3. The highest BCUT2D eigenvalue weighted by Gasteiger charge is 2.14. The van der Waals surface area contributed by atoms with Gasteiger partial charge in [-0.15, -0.1) is 11.3 Å². The maximum atomic E-state index is 12.2. The molecule has 2 N–H and O–H groups in total. The summed E-state index contributed by atoms with van der Waals surface area (Å²) in [6, 6.07) is 7.57. The van der Waals surface area contributed by atoms with Gasteiger partial charge in [0, 0.05) is 31.1 Å². The lowest BCUT2D eigenvalue weighted by Crippen LogP contribution is -2.29. The van der Waals surface area contributed by atoms with Crippen LogP contribution in [0.5, 0.6) is 0 Å². The van der Waals surface area contributed by atoms with E-state index in [4.69, 9.17) is 10.5 Å². The van der Waals surface area contributed by atoms with Gasteiger partial charge in [0.05, 0.1) is 11.5 Å². The van der Waals surface area contributed by atoms with Crippen LogP contribution in [0, 0.1) is 0 Å². The summed E-state index contributed by atoms with van der Waals surface area (Å²) in [5, 5.41) is 1.02. The standard InChI is InChI=1S/C13H16N2O2S/c1-15(5-6-17-2)13(16)12-8-9-7-10(14)3-4-11(9)18-12/h3-4,7-8H,5-6,14H2,1-2H3. The zero-order chi connectivity index (χ0) is 13.1. The number of amides is 1. The Balaban J connectivity index is 2.22. The average Bonchev–Trinajstić information content (AvgIpc) is 2.77. The van der Waals surface area contributed by atoms with Crippen LogP contribution in [0.25, 0.3) is 10.1 Å². The molecular weight excluding hydrogens is 248 g/mol. The molecule has 0 saturated heterocycles. The van der Waals surface area contributed by atoms with Gasteiger partial charge in [0.2, 0.25) is 0 Å². The van der Waals surface area contributed by atoms with Gasteiger partial charge in [-0.05, 0) is 29.7 Å². The molecule has 0 aliphatic carbocycles. The number of likely N-dealkylation sites (N-methyl/N-ethyl adjacent to an activating group) is 1. The van der Waals surface area contributed by atoms with Crippen LogP contribution in [-0.2, 0) is 4.74 Å². The molecule has 0 aliphatic heterocycles.